The summed E-state index contributed by atoms with van der Waals surface area (Å²) in [5.74, 6) is -0.141. The highest BCUT2D eigenvalue weighted by atomic mass is 32.2. The molecule has 7 nitrogen and oxygen atoms in total. The van der Waals surface area contributed by atoms with Gasteiger partial charge in [-0.05, 0) is 24.3 Å². The number of aromatic nitrogens is 3. The zero-order valence-corrected chi connectivity index (χ0v) is 13.4. The largest absolute Gasteiger partial charge is 0.497 e. The molecule has 0 unspecified atom stereocenters. The van der Waals surface area contributed by atoms with Crippen LogP contribution in [-0.4, -0.2) is 39.4 Å². The highest BCUT2D eigenvalue weighted by Gasteiger charge is 2.12. The Morgan fingerprint density at radius 1 is 1.39 bits per heavy atom. The molecule has 1 N–H and O–H groups in total. The molecule has 0 aliphatic rings. The Balaban J connectivity index is 1.87. The van der Waals surface area contributed by atoms with Crippen molar-refractivity contribution < 1.29 is 14.3 Å². The van der Waals surface area contributed by atoms with Gasteiger partial charge in [0.15, 0.2) is 5.16 Å². The van der Waals surface area contributed by atoms with Crippen LogP contribution in [-0.2, 0) is 11.3 Å². The highest BCUT2D eigenvalue weighted by Crippen LogP contribution is 2.14. The van der Waals surface area contributed by atoms with Crippen molar-refractivity contribution >= 4 is 23.6 Å². The summed E-state index contributed by atoms with van der Waals surface area (Å²) in [5.41, 5.74) is 0.388. The van der Waals surface area contributed by atoms with Gasteiger partial charge in [0.2, 0.25) is 5.91 Å². The number of benzene rings is 1. The van der Waals surface area contributed by atoms with Gasteiger partial charge in [0.25, 0.3) is 5.91 Å². The van der Waals surface area contributed by atoms with Gasteiger partial charge in [-0.1, -0.05) is 17.8 Å². The molecule has 0 saturated heterocycles. The lowest BCUT2D eigenvalue weighted by molar-refractivity contribution is -0.117. The average Bonchev–Trinajstić information content (AvgIpc) is 3.00. The van der Waals surface area contributed by atoms with E-state index in [0.29, 0.717) is 23.0 Å². The van der Waals surface area contributed by atoms with Gasteiger partial charge in [0.1, 0.15) is 12.1 Å². The third-order valence-corrected chi connectivity index (χ3v) is 3.82. The van der Waals surface area contributed by atoms with E-state index in [1.54, 1.807) is 48.3 Å². The number of methoxy groups -OCH3 is 1. The minimum atomic E-state index is -0.453. The summed E-state index contributed by atoms with van der Waals surface area (Å²) in [6.45, 7) is 4.20. The van der Waals surface area contributed by atoms with Crippen LogP contribution in [0.3, 0.4) is 0 Å². The maximum absolute atomic E-state index is 12.0. The highest BCUT2D eigenvalue weighted by molar-refractivity contribution is 7.99. The van der Waals surface area contributed by atoms with Crippen molar-refractivity contribution in [3.63, 3.8) is 0 Å². The number of hydrogen-bond donors (Lipinski definition) is 1. The van der Waals surface area contributed by atoms with Crippen molar-refractivity contribution in [2.24, 2.45) is 0 Å². The Kier molecular flexibility index (Phi) is 5.93. The molecule has 2 aromatic rings. The summed E-state index contributed by atoms with van der Waals surface area (Å²) in [4.78, 5) is 23.8. The third kappa shape index (κ3) is 4.68. The zero-order chi connectivity index (χ0) is 16.7. The van der Waals surface area contributed by atoms with Gasteiger partial charge in [-0.3, -0.25) is 14.9 Å². The van der Waals surface area contributed by atoms with Gasteiger partial charge in [-0.25, -0.2) is 0 Å². The summed E-state index contributed by atoms with van der Waals surface area (Å²) >= 11 is 1.20. The molecule has 0 aliphatic heterocycles. The Labute approximate surface area is 137 Å². The normalized spacial score (nSPS) is 10.1. The van der Waals surface area contributed by atoms with Crippen LogP contribution < -0.4 is 10.1 Å². The molecule has 0 aliphatic carbocycles. The van der Waals surface area contributed by atoms with Crippen LogP contribution in [0.1, 0.15) is 10.4 Å². The van der Waals surface area contributed by atoms with Crippen LogP contribution in [0.5, 0.6) is 5.75 Å². The number of nitrogens with zero attached hydrogens (tertiary/aromatic N) is 3. The molecule has 8 heteroatoms. The van der Waals surface area contributed by atoms with Gasteiger partial charge in [-0.2, -0.15) is 0 Å². The van der Waals surface area contributed by atoms with E-state index in [-0.39, 0.29) is 5.75 Å². The van der Waals surface area contributed by atoms with E-state index >= 15 is 0 Å². The third-order valence-electron chi connectivity index (χ3n) is 2.84. The maximum Gasteiger partial charge on any atom is 0.257 e. The summed E-state index contributed by atoms with van der Waals surface area (Å²) in [5, 5.41) is 10.6. The summed E-state index contributed by atoms with van der Waals surface area (Å²) < 4.78 is 6.78. The first-order valence-corrected chi connectivity index (χ1v) is 7.72. The first kappa shape index (κ1) is 16.8. The molecule has 2 amide bonds. The topological polar surface area (TPSA) is 86.1 Å². The summed E-state index contributed by atoms with van der Waals surface area (Å²) in [6, 6.07) is 6.50. The summed E-state index contributed by atoms with van der Waals surface area (Å²) in [6.07, 6.45) is 3.27. The van der Waals surface area contributed by atoms with Crippen LogP contribution in [0.2, 0.25) is 0 Å². The van der Waals surface area contributed by atoms with E-state index in [2.05, 4.69) is 22.1 Å². The first-order valence-electron chi connectivity index (χ1n) is 6.73. The average molecular weight is 332 g/mol. The second-order valence-corrected chi connectivity index (χ2v) is 5.39. The van der Waals surface area contributed by atoms with E-state index in [1.807, 2.05) is 0 Å². The van der Waals surface area contributed by atoms with Crippen molar-refractivity contribution in [2.45, 2.75) is 11.7 Å². The van der Waals surface area contributed by atoms with E-state index in [0.717, 1.165) is 0 Å². The Morgan fingerprint density at radius 3 is 2.78 bits per heavy atom. The number of nitrogens with one attached hydrogen (secondary N) is 1. The molecule has 0 saturated carbocycles. The van der Waals surface area contributed by atoms with Crippen molar-refractivity contribution in [1.82, 2.24) is 20.1 Å². The molecule has 0 fully saturated rings. The molecule has 2 rings (SSSR count). The Hall–Kier alpha value is -2.61. The van der Waals surface area contributed by atoms with Gasteiger partial charge < -0.3 is 9.30 Å². The lowest BCUT2D eigenvalue weighted by atomic mass is 10.2. The van der Waals surface area contributed by atoms with Gasteiger partial charge in [-0.15, -0.1) is 16.8 Å². The number of carbonyl (C=O) groups is 2. The summed E-state index contributed by atoms with van der Waals surface area (Å²) in [7, 11) is 1.54. The number of thioether (sulfide) groups is 1. The van der Waals surface area contributed by atoms with E-state index in [1.165, 1.54) is 11.8 Å². The Bertz CT molecular complexity index is 697. The second kappa shape index (κ2) is 8.14. The predicted octanol–water partition coefficient (Wildman–Crippen LogP) is 1.52. The number of imide groups is 1. The van der Waals surface area contributed by atoms with Crippen molar-refractivity contribution in [3.05, 3.63) is 48.8 Å². The molecule has 1 aromatic heterocycles. The lowest BCUT2D eigenvalue weighted by Gasteiger charge is -2.05. The maximum atomic E-state index is 12.0. The Morgan fingerprint density at radius 2 is 2.13 bits per heavy atom. The van der Waals surface area contributed by atoms with Crippen LogP contribution in [0, 0.1) is 0 Å². The fraction of sp³-hybridized carbons (Fsp3) is 0.200. The monoisotopic (exact) mass is 332 g/mol. The van der Waals surface area contributed by atoms with E-state index < -0.39 is 11.8 Å². The molecule has 0 radical (unpaired) electrons. The number of rotatable bonds is 7. The second-order valence-electron chi connectivity index (χ2n) is 4.45. The molecular weight excluding hydrogens is 316 g/mol. The molecule has 0 bridgehead atoms. The number of carbonyl (C=O) groups excluding carboxylic acids is 2. The van der Waals surface area contributed by atoms with Gasteiger partial charge in [0.05, 0.1) is 12.9 Å². The SMILES string of the molecule is C=CCn1cnnc1SCC(=O)NC(=O)c1ccc(OC)cc1. The minimum Gasteiger partial charge on any atom is -0.497 e. The van der Waals surface area contributed by atoms with Crippen LogP contribution in [0.4, 0.5) is 0 Å². The number of ether oxygens (including phenoxy) is 1. The quantitative estimate of drug-likeness (QED) is 0.611. The number of amides is 2. The molecule has 1 aromatic carbocycles. The standard InChI is InChI=1S/C15H16N4O3S/c1-3-8-19-10-16-18-15(19)23-9-13(20)17-14(21)11-4-6-12(22-2)7-5-11/h3-7,10H,1,8-9H2,2H3,(H,17,20,21). The minimum absolute atomic E-state index is 0.0672. The fourth-order valence-corrected chi connectivity index (χ4v) is 2.45. The lowest BCUT2D eigenvalue weighted by Crippen LogP contribution is -2.31. The first-order chi connectivity index (χ1) is 11.1. The van der Waals surface area contributed by atoms with E-state index in [4.69, 9.17) is 4.74 Å². The van der Waals surface area contributed by atoms with Crippen LogP contribution in [0.25, 0.3) is 0 Å². The zero-order valence-electron chi connectivity index (χ0n) is 12.6. The molecule has 120 valence electrons. The molecule has 0 atom stereocenters. The van der Waals surface area contributed by atoms with Gasteiger partial charge in [0, 0.05) is 12.1 Å². The predicted molar refractivity (Wildman–Crippen MR) is 86.4 cm³/mol. The van der Waals surface area contributed by atoms with Crippen molar-refractivity contribution in [1.29, 1.82) is 0 Å². The van der Waals surface area contributed by atoms with Gasteiger partial charge >= 0.3 is 0 Å². The molecule has 0 spiro atoms. The van der Waals surface area contributed by atoms with Crippen LogP contribution in [0.15, 0.2) is 48.4 Å². The number of hydrogen-bond acceptors (Lipinski definition) is 6. The molecule has 23 heavy (non-hydrogen) atoms. The van der Waals surface area contributed by atoms with Crippen molar-refractivity contribution in [3.8, 4) is 5.75 Å². The van der Waals surface area contributed by atoms with Crippen molar-refractivity contribution in [2.75, 3.05) is 12.9 Å². The molecular formula is C15H16N4O3S. The smallest absolute Gasteiger partial charge is 0.257 e. The molecule has 1 heterocycles. The number of allylic oxidation sites excluding steroid dienone is 1. The van der Waals surface area contributed by atoms with E-state index in [9.17, 15) is 9.59 Å². The fourth-order valence-electron chi connectivity index (χ4n) is 1.73. The van der Waals surface area contributed by atoms with Crippen LogP contribution >= 0.6 is 11.8 Å².